The molecule has 2 aliphatic rings. The van der Waals surface area contributed by atoms with Gasteiger partial charge in [0.2, 0.25) is 5.91 Å². The Morgan fingerprint density at radius 1 is 0.957 bits per heavy atom. The minimum absolute atomic E-state index is 0.0588. The molecule has 1 aromatic carbocycles. The van der Waals surface area contributed by atoms with Gasteiger partial charge in [0.05, 0.1) is 12.2 Å². The third-order valence-electron chi connectivity index (χ3n) is 9.17. The van der Waals surface area contributed by atoms with Gasteiger partial charge in [-0.3, -0.25) is 9.69 Å². The van der Waals surface area contributed by atoms with E-state index in [1.54, 1.807) is 31.1 Å². The maximum Gasteiger partial charge on any atom is 0.246 e. The van der Waals surface area contributed by atoms with Crippen LogP contribution in [0.4, 0.5) is 11.5 Å². The summed E-state index contributed by atoms with van der Waals surface area (Å²) in [7, 11) is 3.43. The van der Waals surface area contributed by atoms with Crippen molar-refractivity contribution in [2.24, 2.45) is 0 Å². The Morgan fingerprint density at radius 3 is 2.47 bits per heavy atom. The Labute approximate surface area is 272 Å². The number of methoxy groups -OCH3 is 2. The molecule has 2 fully saturated rings. The smallest absolute Gasteiger partial charge is 0.246 e. The van der Waals surface area contributed by atoms with Gasteiger partial charge in [0.25, 0.3) is 0 Å². The zero-order chi connectivity index (χ0) is 32.3. The lowest BCUT2D eigenvalue weighted by atomic mass is 9.90. The van der Waals surface area contributed by atoms with Crippen molar-refractivity contribution >= 4 is 28.6 Å². The average molecular weight is 638 g/mol. The van der Waals surface area contributed by atoms with Crippen molar-refractivity contribution < 1.29 is 19.0 Å². The molecule has 2 saturated heterocycles. The lowest BCUT2D eigenvalue weighted by Gasteiger charge is -2.31. The van der Waals surface area contributed by atoms with E-state index < -0.39 is 0 Å². The van der Waals surface area contributed by atoms with E-state index in [0.717, 1.165) is 59.9 Å². The minimum Gasteiger partial charge on any atom is -0.457 e. The average Bonchev–Trinajstić information content (AvgIpc) is 3.84. The molecule has 0 aliphatic carbocycles. The van der Waals surface area contributed by atoms with Crippen molar-refractivity contribution in [1.82, 2.24) is 39.0 Å². The Kier molecular flexibility index (Phi) is 8.83. The van der Waals surface area contributed by atoms with E-state index in [9.17, 15) is 4.79 Å². The van der Waals surface area contributed by atoms with Crippen LogP contribution in [-0.2, 0) is 14.3 Å². The molecule has 0 spiro atoms. The number of piperidine rings is 1. The standard InChI is InChI=1S/C34H39N9O4/c1-23-17-25(6-7-28(23)47-26-10-15-42-31(18-26)35-21-37-42)39-34-33-27(11-16-43(33)38-22-36-34)24-8-13-41(14-9-24)32(44)5-4-12-40-19-29(45-2)30(20-40)46-3/h4-7,10-11,15-18,21-22,24,29-30H,8-9,12-14,19-20H2,1-3H3,(H,36,38,39)/b5-4+. The van der Waals surface area contributed by atoms with E-state index in [1.165, 1.54) is 11.9 Å². The second kappa shape index (κ2) is 13.5. The molecule has 7 rings (SSSR count). The molecule has 0 bridgehead atoms. The number of ether oxygens (including phenoxy) is 3. The van der Waals surface area contributed by atoms with Crippen molar-refractivity contribution in [3.8, 4) is 11.5 Å². The summed E-state index contributed by atoms with van der Waals surface area (Å²) in [6, 6.07) is 11.8. The van der Waals surface area contributed by atoms with Crippen molar-refractivity contribution in [2.75, 3.05) is 52.3 Å². The molecule has 5 aromatic rings. The van der Waals surface area contributed by atoms with Gasteiger partial charge in [-0.05, 0) is 67.1 Å². The van der Waals surface area contributed by atoms with Crippen molar-refractivity contribution in [3.63, 3.8) is 0 Å². The number of anilines is 2. The van der Waals surface area contributed by atoms with Gasteiger partial charge in [-0.15, -0.1) is 0 Å². The Hall–Kier alpha value is -4.85. The molecule has 2 unspecified atom stereocenters. The molecule has 0 saturated carbocycles. The first-order valence-corrected chi connectivity index (χ1v) is 15.9. The van der Waals surface area contributed by atoms with E-state index in [1.807, 2.05) is 65.1 Å². The number of aromatic nitrogens is 6. The fourth-order valence-corrected chi connectivity index (χ4v) is 6.60. The van der Waals surface area contributed by atoms with Gasteiger partial charge in [0.15, 0.2) is 11.5 Å². The number of pyridine rings is 1. The summed E-state index contributed by atoms with van der Waals surface area (Å²) < 4.78 is 20.8. The molecule has 2 aliphatic heterocycles. The molecule has 13 nitrogen and oxygen atoms in total. The molecule has 6 heterocycles. The van der Waals surface area contributed by atoms with Crippen LogP contribution < -0.4 is 10.1 Å². The lowest BCUT2D eigenvalue weighted by Crippen LogP contribution is -2.37. The van der Waals surface area contributed by atoms with Gasteiger partial charge in [0, 0.05) is 77.2 Å². The number of rotatable bonds is 10. The van der Waals surface area contributed by atoms with E-state index in [0.29, 0.717) is 31.3 Å². The highest BCUT2D eigenvalue weighted by molar-refractivity contribution is 5.87. The maximum absolute atomic E-state index is 13.0. The predicted octanol–water partition coefficient (Wildman–Crippen LogP) is 4.22. The van der Waals surface area contributed by atoms with E-state index >= 15 is 0 Å². The van der Waals surface area contributed by atoms with Gasteiger partial charge in [-0.1, -0.05) is 6.08 Å². The van der Waals surface area contributed by atoms with E-state index in [2.05, 4.69) is 36.4 Å². The van der Waals surface area contributed by atoms with Gasteiger partial charge in [-0.25, -0.2) is 19.0 Å². The third kappa shape index (κ3) is 6.55. The number of fused-ring (bicyclic) bond motifs is 2. The summed E-state index contributed by atoms with van der Waals surface area (Å²) in [5.74, 6) is 2.53. The third-order valence-corrected chi connectivity index (χ3v) is 9.17. The lowest BCUT2D eigenvalue weighted by molar-refractivity contribution is -0.127. The highest BCUT2D eigenvalue weighted by atomic mass is 16.5. The second-order valence-corrected chi connectivity index (χ2v) is 12.1. The zero-order valence-electron chi connectivity index (χ0n) is 26.8. The zero-order valence-corrected chi connectivity index (χ0v) is 26.8. The monoisotopic (exact) mass is 637 g/mol. The minimum atomic E-state index is 0.0588. The van der Waals surface area contributed by atoms with Crippen molar-refractivity contribution in [1.29, 1.82) is 0 Å². The fourth-order valence-electron chi connectivity index (χ4n) is 6.60. The number of carbonyl (C=O) groups is 1. The maximum atomic E-state index is 13.0. The molecular weight excluding hydrogens is 598 g/mol. The molecule has 0 radical (unpaired) electrons. The fraction of sp³-hybridized carbons (Fsp3) is 0.382. The molecule has 4 aromatic heterocycles. The number of carbonyl (C=O) groups excluding carboxylic acids is 1. The quantitative estimate of drug-likeness (QED) is 0.223. The SMILES string of the molecule is COC1CN(C/C=C/C(=O)N2CCC(c3ccn4ncnc(Nc5ccc(Oc6ccn7ncnc7c6)c(C)c5)c34)CC2)CC1OC. The number of amides is 1. The number of nitrogens with zero attached hydrogens (tertiary/aromatic N) is 8. The number of hydrogen-bond donors (Lipinski definition) is 1. The summed E-state index contributed by atoms with van der Waals surface area (Å²) in [6.45, 7) is 5.71. The van der Waals surface area contributed by atoms with Crippen LogP contribution >= 0.6 is 0 Å². The Bertz CT molecular complexity index is 1880. The summed E-state index contributed by atoms with van der Waals surface area (Å²) in [5.41, 5.74) is 4.73. The molecule has 244 valence electrons. The summed E-state index contributed by atoms with van der Waals surface area (Å²) in [4.78, 5) is 26.0. The normalized spacial score (nSPS) is 19.3. The van der Waals surface area contributed by atoms with Crippen LogP contribution in [0.15, 0.2) is 73.6 Å². The number of aryl methyl sites for hydroxylation is 1. The number of hydrogen-bond acceptors (Lipinski definition) is 10. The van der Waals surface area contributed by atoms with Gasteiger partial charge in [0.1, 0.15) is 29.7 Å². The van der Waals surface area contributed by atoms with Gasteiger partial charge in [-0.2, -0.15) is 10.2 Å². The topological polar surface area (TPSA) is 124 Å². The van der Waals surface area contributed by atoms with Gasteiger partial charge < -0.3 is 24.4 Å². The van der Waals surface area contributed by atoms with Crippen LogP contribution in [0.3, 0.4) is 0 Å². The first kappa shape index (κ1) is 30.8. The first-order valence-electron chi connectivity index (χ1n) is 15.9. The summed E-state index contributed by atoms with van der Waals surface area (Å²) in [6.07, 6.45) is 12.4. The van der Waals surface area contributed by atoms with Gasteiger partial charge >= 0.3 is 0 Å². The number of nitrogens with one attached hydrogen (secondary N) is 1. The highest BCUT2D eigenvalue weighted by Crippen LogP contribution is 2.35. The Balaban J connectivity index is 0.982. The largest absolute Gasteiger partial charge is 0.457 e. The van der Waals surface area contributed by atoms with E-state index in [4.69, 9.17) is 14.2 Å². The highest BCUT2D eigenvalue weighted by Gasteiger charge is 2.32. The second-order valence-electron chi connectivity index (χ2n) is 12.1. The number of benzene rings is 1. The number of likely N-dealkylation sites (tertiary alicyclic amines) is 2. The van der Waals surface area contributed by atoms with Crippen LogP contribution in [0.25, 0.3) is 11.2 Å². The molecule has 13 heteroatoms. The molecule has 2 atom stereocenters. The van der Waals surface area contributed by atoms with Crippen LogP contribution in [-0.4, -0.2) is 104 Å². The summed E-state index contributed by atoms with van der Waals surface area (Å²) >= 11 is 0. The molecule has 47 heavy (non-hydrogen) atoms. The van der Waals surface area contributed by atoms with Crippen molar-refractivity contribution in [3.05, 3.63) is 84.7 Å². The van der Waals surface area contributed by atoms with Crippen LogP contribution in [0.1, 0.15) is 29.9 Å². The molecular formula is C34H39N9O4. The van der Waals surface area contributed by atoms with E-state index in [-0.39, 0.29) is 18.1 Å². The Morgan fingerprint density at radius 2 is 1.70 bits per heavy atom. The van der Waals surface area contributed by atoms with Crippen molar-refractivity contribution in [2.45, 2.75) is 37.9 Å². The summed E-state index contributed by atoms with van der Waals surface area (Å²) in [5, 5.41) is 12.1. The molecule has 1 amide bonds. The first-order chi connectivity index (χ1) is 23.0. The molecule has 1 N–H and O–H groups in total. The van der Waals surface area contributed by atoms with Crippen LogP contribution in [0.2, 0.25) is 0 Å². The predicted molar refractivity (Wildman–Crippen MR) is 176 cm³/mol. The van der Waals surface area contributed by atoms with Crippen LogP contribution in [0.5, 0.6) is 11.5 Å². The van der Waals surface area contributed by atoms with Crippen LogP contribution in [0, 0.1) is 6.92 Å².